The number of nitrogens with one attached hydrogen (secondary N) is 2. The molecular formula is C27H40Cl2N8OS. The lowest BCUT2D eigenvalue weighted by atomic mass is 9.92. The lowest BCUT2D eigenvalue weighted by molar-refractivity contribution is -0.131. The molecule has 1 saturated heterocycles. The maximum atomic E-state index is 12.8. The number of anilines is 2. The third-order valence-electron chi connectivity index (χ3n) is 8.34. The summed E-state index contributed by atoms with van der Waals surface area (Å²) in [5.41, 5.74) is 7.89. The van der Waals surface area contributed by atoms with Gasteiger partial charge in [0, 0.05) is 42.1 Å². The Morgan fingerprint density at radius 1 is 0.974 bits per heavy atom. The molecule has 0 radical (unpaired) electrons. The van der Waals surface area contributed by atoms with E-state index in [1.54, 1.807) is 11.3 Å². The van der Waals surface area contributed by atoms with Gasteiger partial charge in [-0.25, -0.2) is 4.98 Å². The van der Waals surface area contributed by atoms with Gasteiger partial charge in [0.1, 0.15) is 0 Å². The fourth-order valence-corrected chi connectivity index (χ4v) is 6.81. The van der Waals surface area contributed by atoms with Crippen LogP contribution in [0, 0.1) is 0 Å². The Balaban J connectivity index is 0.00000176. The van der Waals surface area contributed by atoms with Crippen molar-refractivity contribution in [2.24, 2.45) is 5.73 Å². The number of piperidine rings is 1. The molecule has 3 aliphatic rings. The Kier molecular flexibility index (Phi) is 10.3. The van der Waals surface area contributed by atoms with E-state index in [1.807, 2.05) is 28.7 Å². The summed E-state index contributed by atoms with van der Waals surface area (Å²) in [4.78, 5) is 30.6. The van der Waals surface area contributed by atoms with Gasteiger partial charge in [0.2, 0.25) is 11.9 Å². The number of imidazole rings is 1. The van der Waals surface area contributed by atoms with Crippen molar-refractivity contribution in [3.05, 3.63) is 28.7 Å². The Labute approximate surface area is 246 Å². The van der Waals surface area contributed by atoms with Crippen LogP contribution in [0.5, 0.6) is 0 Å². The molecule has 9 nitrogen and oxygen atoms in total. The molecule has 0 aromatic carbocycles. The van der Waals surface area contributed by atoms with E-state index < -0.39 is 0 Å². The van der Waals surface area contributed by atoms with Crippen LogP contribution in [-0.4, -0.2) is 61.5 Å². The van der Waals surface area contributed by atoms with Gasteiger partial charge in [-0.2, -0.15) is 9.97 Å². The van der Waals surface area contributed by atoms with Crippen LogP contribution in [0.15, 0.2) is 23.8 Å². The summed E-state index contributed by atoms with van der Waals surface area (Å²) in [6.45, 7) is 1.53. The summed E-state index contributed by atoms with van der Waals surface area (Å²) in [5, 5.41) is 9.33. The Morgan fingerprint density at radius 3 is 2.38 bits per heavy atom. The maximum Gasteiger partial charge on any atom is 0.227 e. The number of carbonyl (C=O) groups excluding carboxylic acids is 1. The number of thiophene rings is 1. The summed E-state index contributed by atoms with van der Waals surface area (Å²) in [5.74, 6) is 1.71. The van der Waals surface area contributed by atoms with Crippen LogP contribution < -0.4 is 16.4 Å². The van der Waals surface area contributed by atoms with Crippen molar-refractivity contribution in [2.75, 3.05) is 23.7 Å². The predicted octanol–water partition coefficient (Wildman–Crippen LogP) is 5.17. The summed E-state index contributed by atoms with van der Waals surface area (Å²) in [6.07, 6.45) is 13.3. The third kappa shape index (κ3) is 6.96. The van der Waals surface area contributed by atoms with E-state index in [0.717, 1.165) is 73.5 Å². The number of hydrogen-bond donors (Lipinski definition) is 3. The number of aromatic nitrogens is 4. The second-order valence-electron chi connectivity index (χ2n) is 11.0. The molecule has 3 aromatic rings. The summed E-state index contributed by atoms with van der Waals surface area (Å²) in [7, 11) is 0. The van der Waals surface area contributed by atoms with Gasteiger partial charge in [-0.05, 0) is 62.8 Å². The van der Waals surface area contributed by atoms with Gasteiger partial charge in [0.25, 0.3) is 0 Å². The van der Waals surface area contributed by atoms with E-state index in [9.17, 15) is 4.79 Å². The highest BCUT2D eigenvalue weighted by Gasteiger charge is 2.27. The molecule has 0 bridgehead atoms. The molecule has 0 spiro atoms. The number of amides is 1. The van der Waals surface area contributed by atoms with Crippen molar-refractivity contribution >= 4 is 65.0 Å². The molecule has 1 aliphatic heterocycles. The first-order valence-electron chi connectivity index (χ1n) is 14.0. The minimum Gasteiger partial charge on any atom is -0.365 e. The van der Waals surface area contributed by atoms with Gasteiger partial charge in [-0.1, -0.05) is 18.9 Å². The zero-order valence-corrected chi connectivity index (χ0v) is 24.7. The lowest BCUT2D eigenvalue weighted by Gasteiger charge is -2.33. The molecule has 1 amide bonds. The Hall–Kier alpha value is -2.14. The summed E-state index contributed by atoms with van der Waals surface area (Å²) < 4.78 is 2.27. The third-order valence-corrected chi connectivity index (χ3v) is 9.22. The van der Waals surface area contributed by atoms with Crippen LogP contribution in [0.1, 0.15) is 75.1 Å². The number of rotatable bonds is 7. The van der Waals surface area contributed by atoms with Crippen molar-refractivity contribution in [1.82, 2.24) is 24.4 Å². The smallest absolute Gasteiger partial charge is 0.227 e. The van der Waals surface area contributed by atoms with Gasteiger partial charge < -0.3 is 25.8 Å². The van der Waals surface area contributed by atoms with Crippen LogP contribution in [0.2, 0.25) is 0 Å². The topological polar surface area (TPSA) is 114 Å². The predicted molar refractivity (Wildman–Crippen MR) is 162 cm³/mol. The average molecular weight is 596 g/mol. The molecule has 4 N–H and O–H groups in total. The van der Waals surface area contributed by atoms with E-state index in [1.165, 1.54) is 25.7 Å². The maximum absolute atomic E-state index is 12.8. The molecule has 2 saturated carbocycles. The van der Waals surface area contributed by atoms with Gasteiger partial charge in [0.15, 0.2) is 17.0 Å². The summed E-state index contributed by atoms with van der Waals surface area (Å²) >= 11 is 1.65. The van der Waals surface area contributed by atoms with Crippen molar-refractivity contribution in [3.8, 4) is 0 Å². The molecule has 0 atom stereocenters. The molecule has 4 heterocycles. The SMILES string of the molecule is Cl.Cl.NC1CCC(Nc2nc(NC3CCN(C(=O)Cc4cccs4)CC3)c3ncn(C4CCCC4)c3n2)CC1. The van der Waals surface area contributed by atoms with Gasteiger partial charge >= 0.3 is 0 Å². The minimum atomic E-state index is 0. The Bertz CT molecular complexity index is 1200. The van der Waals surface area contributed by atoms with Crippen LogP contribution in [0.3, 0.4) is 0 Å². The van der Waals surface area contributed by atoms with Crippen molar-refractivity contribution < 1.29 is 4.79 Å². The van der Waals surface area contributed by atoms with Crippen LogP contribution in [0.4, 0.5) is 11.8 Å². The highest BCUT2D eigenvalue weighted by Crippen LogP contribution is 2.34. The van der Waals surface area contributed by atoms with E-state index in [2.05, 4.69) is 15.2 Å². The van der Waals surface area contributed by atoms with Gasteiger partial charge in [-0.15, -0.1) is 36.2 Å². The second-order valence-corrected chi connectivity index (χ2v) is 12.0. The number of nitrogens with zero attached hydrogens (tertiary/aromatic N) is 5. The first-order chi connectivity index (χ1) is 18.1. The van der Waals surface area contributed by atoms with Crippen molar-refractivity contribution in [1.29, 1.82) is 0 Å². The molecule has 2 aliphatic carbocycles. The number of halogens is 2. The number of fused-ring (bicyclic) bond motifs is 1. The molecule has 3 fully saturated rings. The van der Waals surface area contributed by atoms with Gasteiger partial charge in [0.05, 0.1) is 12.7 Å². The monoisotopic (exact) mass is 594 g/mol. The average Bonchev–Trinajstić information content (AvgIpc) is 3.68. The fraction of sp³-hybridized carbons (Fsp3) is 0.630. The highest BCUT2D eigenvalue weighted by molar-refractivity contribution is 7.10. The highest BCUT2D eigenvalue weighted by atomic mass is 35.5. The first-order valence-corrected chi connectivity index (χ1v) is 14.8. The number of carbonyl (C=O) groups is 1. The summed E-state index contributed by atoms with van der Waals surface area (Å²) in [6, 6.07) is 5.42. The molecular weight excluding hydrogens is 555 g/mol. The molecule has 0 unspecified atom stereocenters. The molecule has 12 heteroatoms. The Morgan fingerprint density at radius 2 is 1.69 bits per heavy atom. The van der Waals surface area contributed by atoms with Crippen molar-refractivity contribution in [2.45, 2.75) is 94.8 Å². The van der Waals surface area contributed by atoms with E-state index in [0.29, 0.717) is 30.5 Å². The quantitative estimate of drug-likeness (QED) is 0.345. The fourth-order valence-electron chi connectivity index (χ4n) is 6.12. The zero-order valence-electron chi connectivity index (χ0n) is 22.3. The van der Waals surface area contributed by atoms with Gasteiger partial charge in [-0.3, -0.25) is 4.79 Å². The lowest BCUT2D eigenvalue weighted by Crippen LogP contribution is -2.43. The van der Waals surface area contributed by atoms with Crippen LogP contribution in [-0.2, 0) is 11.2 Å². The van der Waals surface area contributed by atoms with E-state index >= 15 is 0 Å². The van der Waals surface area contributed by atoms with Crippen LogP contribution in [0.25, 0.3) is 11.2 Å². The van der Waals surface area contributed by atoms with E-state index in [-0.39, 0.29) is 36.8 Å². The van der Waals surface area contributed by atoms with E-state index in [4.69, 9.17) is 20.7 Å². The zero-order chi connectivity index (χ0) is 25.2. The molecule has 6 rings (SSSR count). The minimum absolute atomic E-state index is 0. The number of nitrogens with two attached hydrogens (primary N) is 1. The molecule has 39 heavy (non-hydrogen) atoms. The molecule has 214 valence electrons. The normalized spacial score (nSPS) is 22.3. The largest absolute Gasteiger partial charge is 0.365 e. The first kappa shape index (κ1) is 29.8. The standard InChI is InChI=1S/C27H38N8OS.2ClH/c28-18-7-9-19(10-8-18)31-27-32-25(24-26(33-27)35(17-29-24)21-4-1-2-5-21)30-20-11-13-34(14-12-20)23(36)16-22-6-3-15-37-22;;/h3,6,15,17-21H,1-2,4-5,7-14,16,28H2,(H2,30,31,32,33);2*1H. The number of likely N-dealkylation sites (tertiary alicyclic amines) is 1. The van der Waals surface area contributed by atoms with Crippen LogP contribution >= 0.6 is 36.2 Å². The molecule has 3 aromatic heterocycles. The van der Waals surface area contributed by atoms with Crippen molar-refractivity contribution in [3.63, 3.8) is 0 Å². The second kappa shape index (κ2) is 13.5. The number of hydrogen-bond acceptors (Lipinski definition) is 8.